The zero-order valence-corrected chi connectivity index (χ0v) is 39.8. The zero-order valence-electron chi connectivity index (χ0n) is 39.8. The van der Waals surface area contributed by atoms with Crippen molar-refractivity contribution in [2.24, 2.45) is 0 Å². The number of allylic oxidation sites excluding steroid dienone is 1. The van der Waals surface area contributed by atoms with E-state index in [9.17, 15) is 47.9 Å². The molecule has 69 heavy (non-hydrogen) atoms. The Kier molecular flexibility index (Phi) is 22.8. The van der Waals surface area contributed by atoms with Gasteiger partial charge in [0.15, 0.2) is 61.6 Å². The molecule has 3 saturated heterocycles. The fourth-order valence-electron chi connectivity index (χ4n) is 7.32. The number of carbonyl (C=O) groups is 10. The molecule has 0 saturated carbocycles. The second-order valence-electron chi connectivity index (χ2n) is 15.6. The standard InChI is InChI=1S/C43H60O26/c1-12-13-14-15-54-41-38(62-26(9)51)36(60-24(7)49)33(30(65-41)17-56-20(3)45)68-43-40(64-28(11)53)37(61-25(8)50)34(31(67-43)18-57-21(4)46)69-42-39(63-27(10)52)35(59-23(6)48)32(58-22(5)47)29(66-42)16-55-19(2)44/h12,29-43H,1,13-18H2,2-11H3. The van der Waals surface area contributed by atoms with E-state index in [0.29, 0.717) is 12.8 Å². The topological polar surface area (TPSA) is 318 Å². The third kappa shape index (κ3) is 18.2. The van der Waals surface area contributed by atoms with Crippen LogP contribution in [0.5, 0.6) is 0 Å². The van der Waals surface area contributed by atoms with Gasteiger partial charge in [-0.05, 0) is 12.8 Å². The highest BCUT2D eigenvalue weighted by molar-refractivity contribution is 5.70. The molecular formula is C43H60O26. The molecule has 3 fully saturated rings. The average molecular weight is 993 g/mol. The smallest absolute Gasteiger partial charge is 0.303 e. The molecule has 0 spiro atoms. The van der Waals surface area contributed by atoms with E-state index in [4.69, 9.17) is 75.8 Å². The normalized spacial score (nSPS) is 30.7. The van der Waals surface area contributed by atoms with Crippen LogP contribution in [0.4, 0.5) is 0 Å². The maximum atomic E-state index is 13.0. The highest BCUT2D eigenvalue weighted by Gasteiger charge is 2.60. The van der Waals surface area contributed by atoms with Gasteiger partial charge in [0.05, 0.1) is 6.61 Å². The van der Waals surface area contributed by atoms with E-state index in [0.717, 1.165) is 69.2 Å². The average Bonchev–Trinajstić information content (AvgIpc) is 3.22. The predicted octanol–water partition coefficient (Wildman–Crippen LogP) is 0.126. The minimum absolute atomic E-state index is 0.0101. The summed E-state index contributed by atoms with van der Waals surface area (Å²) in [5, 5.41) is 0. The maximum Gasteiger partial charge on any atom is 0.303 e. The molecule has 15 atom stereocenters. The molecular weight excluding hydrogens is 932 g/mol. The molecule has 0 aromatic rings. The summed E-state index contributed by atoms with van der Waals surface area (Å²) in [5.74, 6) is -9.32. The molecule has 3 aliphatic rings. The van der Waals surface area contributed by atoms with Gasteiger partial charge in [-0.25, -0.2) is 0 Å². The van der Waals surface area contributed by atoms with Crippen LogP contribution in [0.15, 0.2) is 12.7 Å². The second-order valence-corrected chi connectivity index (χ2v) is 15.6. The lowest BCUT2D eigenvalue weighted by Crippen LogP contribution is -2.69. The molecule has 26 nitrogen and oxygen atoms in total. The van der Waals surface area contributed by atoms with Crippen molar-refractivity contribution in [2.75, 3.05) is 26.4 Å². The lowest BCUT2D eigenvalue weighted by molar-refractivity contribution is -0.380. The van der Waals surface area contributed by atoms with Gasteiger partial charge in [-0.1, -0.05) is 6.08 Å². The SMILES string of the molecule is C=CCCCOC1OC(COC(C)=O)C(OC2OC(COC(C)=O)C(OC3OC(COC(C)=O)C(OC(C)=O)C(OC(C)=O)C3OC(C)=O)C(OC(C)=O)C2OC(C)=O)C(OC(C)=O)C1OC(C)=O. The Labute approximate surface area is 396 Å². The Morgan fingerprint density at radius 2 is 0.652 bits per heavy atom. The van der Waals surface area contributed by atoms with Crippen LogP contribution in [0.1, 0.15) is 82.1 Å². The molecule has 15 unspecified atom stereocenters. The number of carbonyl (C=O) groups excluding carboxylic acids is 10. The number of unbranched alkanes of at least 4 members (excludes halogenated alkanes) is 1. The number of rotatable bonds is 22. The van der Waals surface area contributed by atoms with Crippen molar-refractivity contribution in [2.45, 2.75) is 174 Å². The summed E-state index contributed by atoms with van der Waals surface area (Å²) in [5.41, 5.74) is 0. The van der Waals surface area contributed by atoms with Gasteiger partial charge in [-0.3, -0.25) is 47.9 Å². The third-order valence-corrected chi connectivity index (χ3v) is 9.66. The van der Waals surface area contributed by atoms with Crippen LogP contribution in [0.25, 0.3) is 0 Å². The molecule has 3 aliphatic heterocycles. The van der Waals surface area contributed by atoms with E-state index in [2.05, 4.69) is 6.58 Å². The Morgan fingerprint density at radius 3 is 0.971 bits per heavy atom. The second kappa shape index (κ2) is 27.4. The highest BCUT2D eigenvalue weighted by atomic mass is 16.8. The summed E-state index contributed by atoms with van der Waals surface area (Å²) in [6.07, 6.45) is -23.5. The Morgan fingerprint density at radius 1 is 0.377 bits per heavy atom. The van der Waals surface area contributed by atoms with Crippen molar-refractivity contribution >= 4 is 59.7 Å². The van der Waals surface area contributed by atoms with Crippen LogP contribution in [0, 0.1) is 0 Å². The zero-order chi connectivity index (χ0) is 51.7. The summed E-state index contributed by atoms with van der Waals surface area (Å²) < 4.78 is 92.3. The number of ether oxygens (including phenoxy) is 16. The minimum atomic E-state index is -2.00. The lowest BCUT2D eigenvalue weighted by Gasteiger charge is -2.50. The van der Waals surface area contributed by atoms with Gasteiger partial charge in [-0.15, -0.1) is 6.58 Å². The number of esters is 10. The van der Waals surface area contributed by atoms with Crippen LogP contribution >= 0.6 is 0 Å². The Bertz CT molecular complexity index is 1850. The van der Waals surface area contributed by atoms with Gasteiger partial charge in [0.1, 0.15) is 50.3 Å². The van der Waals surface area contributed by atoms with Crippen LogP contribution in [0.2, 0.25) is 0 Å². The van der Waals surface area contributed by atoms with Crippen molar-refractivity contribution < 1.29 is 124 Å². The van der Waals surface area contributed by atoms with Crippen LogP contribution in [-0.2, 0) is 124 Å². The van der Waals surface area contributed by atoms with E-state index < -0.39 is 172 Å². The molecule has 0 radical (unpaired) electrons. The van der Waals surface area contributed by atoms with Crippen molar-refractivity contribution in [1.29, 1.82) is 0 Å². The van der Waals surface area contributed by atoms with Crippen LogP contribution in [0.3, 0.4) is 0 Å². The molecule has 0 aromatic carbocycles. The van der Waals surface area contributed by atoms with Gasteiger partial charge in [0, 0.05) is 69.2 Å². The van der Waals surface area contributed by atoms with Crippen molar-refractivity contribution in [3.8, 4) is 0 Å². The first-order valence-electron chi connectivity index (χ1n) is 21.5. The molecule has 0 amide bonds. The first-order valence-corrected chi connectivity index (χ1v) is 21.5. The van der Waals surface area contributed by atoms with Crippen molar-refractivity contribution in [3.05, 3.63) is 12.7 Å². The molecule has 0 aromatic heterocycles. The van der Waals surface area contributed by atoms with Crippen LogP contribution < -0.4 is 0 Å². The third-order valence-electron chi connectivity index (χ3n) is 9.66. The fourth-order valence-corrected chi connectivity index (χ4v) is 7.32. The Hall–Kier alpha value is -5.80. The minimum Gasteiger partial charge on any atom is -0.463 e. The molecule has 0 aliphatic carbocycles. The van der Waals surface area contributed by atoms with Crippen molar-refractivity contribution in [1.82, 2.24) is 0 Å². The summed E-state index contributed by atoms with van der Waals surface area (Å²) >= 11 is 0. The van der Waals surface area contributed by atoms with E-state index in [1.807, 2.05) is 0 Å². The van der Waals surface area contributed by atoms with Gasteiger partial charge in [0.2, 0.25) is 0 Å². The summed E-state index contributed by atoms with van der Waals surface area (Å²) in [7, 11) is 0. The Balaban J connectivity index is 2.29. The van der Waals surface area contributed by atoms with Crippen molar-refractivity contribution in [3.63, 3.8) is 0 Å². The summed E-state index contributed by atoms with van der Waals surface area (Å²) in [4.78, 5) is 125. The molecule has 3 rings (SSSR count). The summed E-state index contributed by atoms with van der Waals surface area (Å²) in [6.45, 7) is 11.7. The lowest BCUT2D eigenvalue weighted by atomic mass is 9.95. The highest BCUT2D eigenvalue weighted by Crippen LogP contribution is 2.38. The van der Waals surface area contributed by atoms with Gasteiger partial charge < -0.3 is 75.8 Å². The monoisotopic (exact) mass is 992 g/mol. The van der Waals surface area contributed by atoms with E-state index in [1.165, 1.54) is 0 Å². The quantitative estimate of drug-likeness (QED) is 0.0602. The molecule has 0 N–H and O–H groups in total. The number of hydrogen-bond donors (Lipinski definition) is 0. The van der Waals surface area contributed by atoms with E-state index in [1.54, 1.807) is 6.08 Å². The van der Waals surface area contributed by atoms with Gasteiger partial charge in [0.25, 0.3) is 0 Å². The summed E-state index contributed by atoms with van der Waals surface area (Å²) in [6, 6.07) is 0. The predicted molar refractivity (Wildman–Crippen MR) is 220 cm³/mol. The van der Waals surface area contributed by atoms with Crippen LogP contribution in [-0.4, -0.2) is 178 Å². The van der Waals surface area contributed by atoms with E-state index >= 15 is 0 Å². The molecule has 3 heterocycles. The molecule has 0 bridgehead atoms. The molecule has 26 heteroatoms. The van der Waals surface area contributed by atoms with E-state index in [-0.39, 0.29) is 6.61 Å². The first-order chi connectivity index (χ1) is 32.4. The van der Waals surface area contributed by atoms with Gasteiger partial charge >= 0.3 is 59.7 Å². The largest absolute Gasteiger partial charge is 0.463 e. The fraction of sp³-hybridized carbons (Fsp3) is 0.721. The number of hydrogen-bond acceptors (Lipinski definition) is 26. The molecule has 388 valence electrons. The maximum absolute atomic E-state index is 13.0. The first kappa shape index (κ1) is 57.5. The van der Waals surface area contributed by atoms with Gasteiger partial charge in [-0.2, -0.15) is 0 Å².